The number of rotatable bonds is 9. The normalized spacial score (nSPS) is 17.0. The summed E-state index contributed by atoms with van der Waals surface area (Å²) in [5.41, 5.74) is 1.30. The van der Waals surface area contributed by atoms with Gasteiger partial charge in [-0.15, -0.1) is 0 Å². The molecule has 1 heterocycles. The molecule has 136 valence electrons. The summed E-state index contributed by atoms with van der Waals surface area (Å²) in [6, 6.07) is 6.77. The van der Waals surface area contributed by atoms with Crippen LogP contribution < -0.4 is 14.8 Å². The molecule has 24 heavy (non-hydrogen) atoms. The predicted molar refractivity (Wildman–Crippen MR) is 99.1 cm³/mol. The number of nitrogens with zero attached hydrogens (tertiary/aromatic N) is 2. The minimum atomic E-state index is 0.376. The largest absolute Gasteiger partial charge is 0.493 e. The summed E-state index contributed by atoms with van der Waals surface area (Å²) in [4.78, 5) is 4.82. The average Bonchev–Trinajstić information content (AvgIpc) is 2.60. The molecule has 0 radical (unpaired) electrons. The minimum Gasteiger partial charge on any atom is -0.493 e. The van der Waals surface area contributed by atoms with Crippen molar-refractivity contribution >= 4 is 0 Å². The lowest BCUT2D eigenvalue weighted by Crippen LogP contribution is -2.47. The number of nitrogens with one attached hydrogen (secondary N) is 1. The van der Waals surface area contributed by atoms with Crippen LogP contribution in [0.25, 0.3) is 0 Å². The molecule has 1 aliphatic rings. The summed E-state index contributed by atoms with van der Waals surface area (Å²) < 4.78 is 11.5. The summed E-state index contributed by atoms with van der Waals surface area (Å²) in [5, 5.41) is 3.44. The molecule has 1 atom stereocenters. The van der Waals surface area contributed by atoms with Crippen molar-refractivity contribution in [3.05, 3.63) is 23.8 Å². The molecule has 1 fully saturated rings. The molecule has 2 rings (SSSR count). The van der Waals surface area contributed by atoms with Gasteiger partial charge in [-0.25, -0.2) is 0 Å². The zero-order chi connectivity index (χ0) is 17.4. The van der Waals surface area contributed by atoms with Gasteiger partial charge in [0.05, 0.1) is 13.7 Å². The van der Waals surface area contributed by atoms with Crippen LogP contribution in [0.4, 0.5) is 0 Å². The Bertz CT molecular complexity index is 488. The standard InChI is InChI=1S/C19H33N3O2/c1-5-6-13-24-19-14-16(7-8-18(19)23-4)17(15-21(2)3)22-11-9-20-10-12-22/h7-8,14,17,20H,5-6,9-13,15H2,1-4H3. The highest BCUT2D eigenvalue weighted by molar-refractivity contribution is 5.44. The molecule has 0 bridgehead atoms. The molecule has 1 aromatic rings. The molecule has 5 nitrogen and oxygen atoms in total. The molecule has 0 aliphatic carbocycles. The van der Waals surface area contributed by atoms with Gasteiger partial charge in [-0.1, -0.05) is 19.4 Å². The van der Waals surface area contributed by atoms with Gasteiger partial charge in [0.15, 0.2) is 11.5 Å². The van der Waals surface area contributed by atoms with E-state index in [1.807, 2.05) is 6.07 Å². The van der Waals surface area contributed by atoms with Crippen LogP contribution in [0.15, 0.2) is 18.2 Å². The van der Waals surface area contributed by atoms with Gasteiger partial charge in [-0.3, -0.25) is 4.90 Å². The zero-order valence-corrected chi connectivity index (χ0v) is 15.7. The molecule has 1 aromatic carbocycles. The van der Waals surface area contributed by atoms with Crippen molar-refractivity contribution in [3.63, 3.8) is 0 Å². The van der Waals surface area contributed by atoms with E-state index in [-0.39, 0.29) is 0 Å². The summed E-state index contributed by atoms with van der Waals surface area (Å²) in [6.45, 7) is 8.19. The highest BCUT2D eigenvalue weighted by atomic mass is 16.5. The van der Waals surface area contributed by atoms with Crippen LogP contribution in [0.2, 0.25) is 0 Å². The first kappa shape index (κ1) is 19.0. The fourth-order valence-electron chi connectivity index (χ4n) is 3.11. The van der Waals surface area contributed by atoms with Crippen molar-refractivity contribution in [3.8, 4) is 11.5 Å². The smallest absolute Gasteiger partial charge is 0.161 e. The van der Waals surface area contributed by atoms with Gasteiger partial charge in [-0.2, -0.15) is 0 Å². The molecule has 5 heteroatoms. The van der Waals surface area contributed by atoms with Crippen molar-refractivity contribution in [1.82, 2.24) is 15.1 Å². The van der Waals surface area contributed by atoms with E-state index in [4.69, 9.17) is 9.47 Å². The highest BCUT2D eigenvalue weighted by Gasteiger charge is 2.24. The number of hydrogen-bond acceptors (Lipinski definition) is 5. The maximum atomic E-state index is 5.98. The van der Waals surface area contributed by atoms with Crippen molar-refractivity contribution in [2.24, 2.45) is 0 Å². The van der Waals surface area contributed by atoms with E-state index >= 15 is 0 Å². The lowest BCUT2D eigenvalue weighted by atomic mass is 10.0. The summed E-state index contributed by atoms with van der Waals surface area (Å²) in [5.74, 6) is 1.68. The van der Waals surface area contributed by atoms with E-state index in [2.05, 4.69) is 48.3 Å². The van der Waals surface area contributed by atoms with Gasteiger partial charge in [0.2, 0.25) is 0 Å². The molecular weight excluding hydrogens is 302 g/mol. The molecule has 0 spiro atoms. The van der Waals surface area contributed by atoms with Crippen LogP contribution in [0.5, 0.6) is 11.5 Å². The number of ether oxygens (including phenoxy) is 2. The number of piperazine rings is 1. The number of hydrogen-bond donors (Lipinski definition) is 1. The number of methoxy groups -OCH3 is 1. The van der Waals surface area contributed by atoms with Gasteiger partial charge < -0.3 is 19.7 Å². The molecule has 1 N–H and O–H groups in total. The molecule has 0 aromatic heterocycles. The third-order valence-electron chi connectivity index (χ3n) is 4.46. The molecule has 1 aliphatic heterocycles. The molecule has 1 unspecified atom stereocenters. The number of benzene rings is 1. The first-order valence-electron chi connectivity index (χ1n) is 9.06. The maximum Gasteiger partial charge on any atom is 0.161 e. The Balaban J connectivity index is 2.21. The predicted octanol–water partition coefficient (Wildman–Crippen LogP) is 2.38. The number of unbranched alkanes of at least 4 members (excludes halogenated alkanes) is 1. The summed E-state index contributed by atoms with van der Waals surface area (Å²) >= 11 is 0. The van der Waals surface area contributed by atoms with Crippen molar-refractivity contribution in [2.75, 3.05) is 60.5 Å². The Morgan fingerprint density at radius 1 is 1.21 bits per heavy atom. The van der Waals surface area contributed by atoms with Gasteiger partial charge in [-0.05, 0) is 38.2 Å². The van der Waals surface area contributed by atoms with E-state index in [0.717, 1.165) is 63.7 Å². The Labute approximate surface area is 146 Å². The quantitative estimate of drug-likeness (QED) is 0.701. The summed E-state index contributed by atoms with van der Waals surface area (Å²) in [7, 11) is 5.98. The highest BCUT2D eigenvalue weighted by Crippen LogP contribution is 2.32. The van der Waals surface area contributed by atoms with E-state index in [9.17, 15) is 0 Å². The molecule has 0 amide bonds. The second-order valence-electron chi connectivity index (χ2n) is 6.68. The van der Waals surface area contributed by atoms with E-state index < -0.39 is 0 Å². The lowest BCUT2D eigenvalue weighted by molar-refractivity contribution is 0.144. The topological polar surface area (TPSA) is 37.0 Å². The van der Waals surface area contributed by atoms with Crippen LogP contribution in [0, 0.1) is 0 Å². The van der Waals surface area contributed by atoms with Gasteiger partial charge in [0.25, 0.3) is 0 Å². The van der Waals surface area contributed by atoms with Crippen LogP contribution in [0.1, 0.15) is 31.4 Å². The fraction of sp³-hybridized carbons (Fsp3) is 0.684. The third kappa shape index (κ3) is 5.36. The zero-order valence-electron chi connectivity index (χ0n) is 15.7. The van der Waals surface area contributed by atoms with Crippen molar-refractivity contribution in [1.29, 1.82) is 0 Å². The Hall–Kier alpha value is -1.30. The SMILES string of the molecule is CCCCOc1cc(C(CN(C)C)N2CCNCC2)ccc1OC. The van der Waals surface area contributed by atoms with Crippen LogP contribution in [0.3, 0.4) is 0 Å². The first-order valence-corrected chi connectivity index (χ1v) is 9.06. The van der Waals surface area contributed by atoms with Crippen molar-refractivity contribution in [2.45, 2.75) is 25.8 Å². The lowest BCUT2D eigenvalue weighted by Gasteiger charge is -2.36. The monoisotopic (exact) mass is 335 g/mol. The second kappa shape index (κ2) is 9.87. The van der Waals surface area contributed by atoms with Crippen molar-refractivity contribution < 1.29 is 9.47 Å². The Morgan fingerprint density at radius 3 is 2.58 bits per heavy atom. The van der Waals surface area contributed by atoms with Crippen LogP contribution in [-0.4, -0.2) is 70.3 Å². The van der Waals surface area contributed by atoms with E-state index in [0.29, 0.717) is 6.04 Å². The Kier molecular flexibility index (Phi) is 7.82. The summed E-state index contributed by atoms with van der Waals surface area (Å²) in [6.07, 6.45) is 2.19. The first-order chi connectivity index (χ1) is 11.7. The molecule has 0 saturated carbocycles. The molecule has 1 saturated heterocycles. The fourth-order valence-corrected chi connectivity index (χ4v) is 3.11. The average molecular weight is 335 g/mol. The van der Waals surface area contributed by atoms with Crippen LogP contribution >= 0.6 is 0 Å². The minimum absolute atomic E-state index is 0.376. The van der Waals surface area contributed by atoms with Gasteiger partial charge >= 0.3 is 0 Å². The van der Waals surface area contributed by atoms with Crippen LogP contribution in [-0.2, 0) is 0 Å². The van der Waals surface area contributed by atoms with Gasteiger partial charge in [0, 0.05) is 38.8 Å². The van der Waals surface area contributed by atoms with E-state index in [1.165, 1.54) is 5.56 Å². The molecular formula is C19H33N3O2. The van der Waals surface area contributed by atoms with E-state index in [1.54, 1.807) is 7.11 Å². The second-order valence-corrected chi connectivity index (χ2v) is 6.68. The van der Waals surface area contributed by atoms with Gasteiger partial charge in [0.1, 0.15) is 0 Å². The Morgan fingerprint density at radius 2 is 1.96 bits per heavy atom. The third-order valence-corrected chi connectivity index (χ3v) is 4.46. The maximum absolute atomic E-state index is 5.98. The number of likely N-dealkylation sites (N-methyl/N-ethyl adjacent to an activating group) is 1.